The van der Waals surface area contributed by atoms with E-state index in [4.69, 9.17) is 61.6 Å². The largest absolute Gasteiger partial charge is 0.394 e. The summed E-state index contributed by atoms with van der Waals surface area (Å²) < 4.78 is 77.8. The van der Waals surface area contributed by atoms with E-state index in [-0.39, 0.29) is 0 Å². The van der Waals surface area contributed by atoms with Crippen molar-refractivity contribution >= 4 is 23.6 Å². The van der Waals surface area contributed by atoms with Crippen LogP contribution in [0.4, 0.5) is 0 Å². The third-order valence-electron chi connectivity index (χ3n) is 16.1. The fourth-order valence-corrected chi connectivity index (χ4v) is 11.5. The molecule has 0 aliphatic carbocycles. The Labute approximate surface area is 510 Å². The van der Waals surface area contributed by atoms with Gasteiger partial charge < -0.3 is 180 Å². The summed E-state index contributed by atoms with van der Waals surface area (Å²) >= 11 is 0. The molecule has 0 aromatic rings. The quantitative estimate of drug-likeness (QED) is 0.0452. The molecule has 40 nitrogen and oxygen atoms in total. The van der Waals surface area contributed by atoms with Crippen molar-refractivity contribution < 1.29 is 178 Å². The topological polar surface area (TPSA) is 621 Å². The number of carbonyl (C=O) groups excluding carboxylic acids is 4. The van der Waals surface area contributed by atoms with Crippen LogP contribution in [0.2, 0.25) is 0 Å². The van der Waals surface area contributed by atoms with Crippen LogP contribution < -0.4 is 21.3 Å². The average Bonchev–Trinajstić information content (AvgIpc) is 1.75. The number of hydrogen-bond acceptors (Lipinski definition) is 36. The fraction of sp³-hybridized carbons (Fsp3) is 0.920. The highest BCUT2D eigenvalue weighted by Gasteiger charge is 2.59. The first-order valence-corrected chi connectivity index (χ1v) is 28.6. The summed E-state index contributed by atoms with van der Waals surface area (Å²) in [5.74, 6) is -3.37. The van der Waals surface area contributed by atoms with Gasteiger partial charge in [0.25, 0.3) is 0 Å². The van der Waals surface area contributed by atoms with Gasteiger partial charge in [-0.05, 0) is 0 Å². The lowest BCUT2D eigenvalue weighted by atomic mass is 9.93. The summed E-state index contributed by atoms with van der Waals surface area (Å²) in [6.07, 6.45) is -62.7. The third-order valence-corrected chi connectivity index (χ3v) is 16.1. The van der Waals surface area contributed by atoms with Gasteiger partial charge in [-0.1, -0.05) is 0 Å². The van der Waals surface area contributed by atoms with Crippen molar-refractivity contribution in [2.45, 2.75) is 242 Å². The zero-order valence-electron chi connectivity index (χ0n) is 48.6. The summed E-state index contributed by atoms with van der Waals surface area (Å²) in [6.45, 7) is -3.35. The fourth-order valence-electron chi connectivity index (χ4n) is 11.5. The Balaban J connectivity index is 1.31. The van der Waals surface area contributed by atoms with Crippen molar-refractivity contribution in [2.75, 3.05) is 46.2 Å². The van der Waals surface area contributed by atoms with E-state index in [1.807, 2.05) is 0 Å². The smallest absolute Gasteiger partial charge is 0.217 e. The minimum atomic E-state index is -2.49. The van der Waals surface area contributed by atoms with Crippen molar-refractivity contribution in [1.29, 1.82) is 0 Å². The van der Waals surface area contributed by atoms with Crippen molar-refractivity contribution in [1.82, 2.24) is 21.3 Å². The number of ether oxygens (including phenoxy) is 13. The number of hydrogen-bond donors (Lipinski definition) is 23. The minimum Gasteiger partial charge on any atom is -0.394 e. The lowest BCUT2D eigenvalue weighted by molar-refractivity contribution is -0.400. The van der Waals surface area contributed by atoms with Crippen LogP contribution in [0.1, 0.15) is 27.7 Å². The van der Waals surface area contributed by atoms with Crippen LogP contribution in [-0.2, 0) is 80.8 Å². The molecule has 35 atom stereocenters. The van der Waals surface area contributed by atoms with Gasteiger partial charge in [-0.25, -0.2) is 0 Å². The Bertz CT molecular complexity index is 2310. The van der Waals surface area contributed by atoms with Gasteiger partial charge in [0.15, 0.2) is 44.0 Å². The predicted molar refractivity (Wildman–Crippen MR) is 278 cm³/mol. The highest BCUT2D eigenvalue weighted by molar-refractivity contribution is 5.74. The van der Waals surface area contributed by atoms with Crippen molar-refractivity contribution in [3.63, 3.8) is 0 Å². The summed E-state index contributed by atoms with van der Waals surface area (Å²) in [7, 11) is 0. The molecule has 0 aromatic heterocycles. The molecule has 90 heavy (non-hydrogen) atoms. The van der Waals surface area contributed by atoms with E-state index in [2.05, 4.69) is 21.3 Å². The molecule has 40 heteroatoms. The SMILES string of the molecule is CC(=O)N[C@H]1[C@H](O[C@H]2[C@H](O)[C@@H](NC(C)=O)C(O)O[C@@H]2CO)O[C@H](CO)[C@@H](O[C@@H]2O[C@H](CO[C@H]3O[C@H](CO)[C@@H](O)[C@H](O)[C@@H]3O[C@@H]3O[C@H](CO)[C@@H](O)[C@H](O)[C@H]3NC(C)=O)[C@@H](O[C@@H]3O[C@H](CO)[C@@H](O)[C@H](O)[C@H]3NC(C)=O)[C@H](O[C@H]3O[C@H](CO)[C@@H](O)[C@H](O)[C@@H]3O)[C@@H]2O)[C@@H]1O. The molecule has 0 spiro atoms. The summed E-state index contributed by atoms with van der Waals surface area (Å²) in [5.41, 5.74) is 0. The van der Waals surface area contributed by atoms with Crippen LogP contribution in [0.15, 0.2) is 0 Å². The van der Waals surface area contributed by atoms with E-state index in [0.717, 1.165) is 27.7 Å². The van der Waals surface area contributed by atoms with Gasteiger partial charge in [0.2, 0.25) is 23.6 Å². The first-order valence-electron chi connectivity index (χ1n) is 28.6. The van der Waals surface area contributed by atoms with Gasteiger partial charge >= 0.3 is 0 Å². The Morgan fingerprint density at radius 3 is 1.06 bits per heavy atom. The standard InChI is InChI=1S/C50H84N4O36/c1-12(61)51-23-33(71)39(20(9-59)79-44(23)77)86-47-26(54-15(4)64)34(72)40(21(10-60)84-47)87-49-38(76)42(89-48-37(75)35(73)29(67)18(7-57)82-48)41(88-45-24(52-13(2)62)31(69)27(65)16(5-55)80-45)22(85-49)11-78-50-43(36(74)30(68)19(8-58)83-50)90-46-25(53-14(3)63)32(70)28(66)17(6-56)81-46/h16-50,55-60,65-77H,5-11H2,1-4H3,(H,51,61)(H,52,62)(H,53,63)(H,54,64)/t16-,17-,18-,19-,20-,21-,22-,23-,24-,25-,26-,27-,28-,29-,30-,31-,32-,33-,34-,35+,36+,37+,38+,39-,40-,41-,42-,43+,44?,45+,46+,47+,48-,49+,50+/m1/s1. The molecule has 7 fully saturated rings. The zero-order chi connectivity index (χ0) is 66.5. The van der Waals surface area contributed by atoms with E-state index < -0.39 is 285 Å². The van der Waals surface area contributed by atoms with E-state index in [0.29, 0.717) is 0 Å². The molecule has 1 unspecified atom stereocenters. The van der Waals surface area contributed by atoms with E-state index in [1.54, 1.807) is 0 Å². The Morgan fingerprint density at radius 1 is 0.289 bits per heavy atom. The molecule has 4 amide bonds. The number of aliphatic hydroxyl groups excluding tert-OH is 19. The molecule has 7 heterocycles. The molecule has 0 saturated carbocycles. The molecular weight excluding hydrogens is 1230 g/mol. The van der Waals surface area contributed by atoms with Gasteiger partial charge in [-0.15, -0.1) is 0 Å². The summed E-state index contributed by atoms with van der Waals surface area (Å²) in [5, 5.41) is 218. The highest BCUT2D eigenvalue weighted by Crippen LogP contribution is 2.39. The molecule has 0 aromatic carbocycles. The molecule has 7 saturated heterocycles. The summed E-state index contributed by atoms with van der Waals surface area (Å²) in [4.78, 5) is 50.0. The second kappa shape index (κ2) is 32.4. The third kappa shape index (κ3) is 16.4. The number of rotatable bonds is 23. The predicted octanol–water partition coefficient (Wildman–Crippen LogP) is -15.7. The molecule has 7 rings (SSSR count). The molecule has 0 bridgehead atoms. The van der Waals surface area contributed by atoms with Crippen LogP contribution in [0.25, 0.3) is 0 Å². The first kappa shape index (κ1) is 74.0. The monoisotopic (exact) mass is 1320 g/mol. The van der Waals surface area contributed by atoms with Gasteiger partial charge in [-0.3, -0.25) is 19.2 Å². The van der Waals surface area contributed by atoms with Crippen LogP contribution in [0.3, 0.4) is 0 Å². The zero-order valence-corrected chi connectivity index (χ0v) is 48.6. The van der Waals surface area contributed by atoms with Crippen LogP contribution in [-0.4, -0.2) is 382 Å². The summed E-state index contributed by atoms with van der Waals surface area (Å²) in [6, 6.07) is -7.01. The van der Waals surface area contributed by atoms with Crippen molar-refractivity contribution in [3.05, 3.63) is 0 Å². The van der Waals surface area contributed by atoms with E-state index >= 15 is 0 Å². The molecule has 23 N–H and O–H groups in total. The molecule has 0 radical (unpaired) electrons. The lowest BCUT2D eigenvalue weighted by Gasteiger charge is -2.52. The van der Waals surface area contributed by atoms with Gasteiger partial charge in [0.1, 0.15) is 171 Å². The van der Waals surface area contributed by atoms with Crippen molar-refractivity contribution in [2.24, 2.45) is 0 Å². The maximum absolute atomic E-state index is 12.9. The normalized spacial score (nSPS) is 47.6. The Morgan fingerprint density at radius 2 is 0.600 bits per heavy atom. The first-order chi connectivity index (χ1) is 42.5. The van der Waals surface area contributed by atoms with E-state index in [1.165, 1.54) is 0 Å². The molecular formula is C50H84N4O36. The molecule has 7 aliphatic rings. The Kier molecular flexibility index (Phi) is 26.6. The Hall–Kier alpha value is -3.40. The minimum absolute atomic E-state index is 0.757. The van der Waals surface area contributed by atoms with Crippen LogP contribution in [0.5, 0.6) is 0 Å². The van der Waals surface area contributed by atoms with Crippen LogP contribution in [0, 0.1) is 0 Å². The van der Waals surface area contributed by atoms with Crippen LogP contribution >= 0.6 is 0 Å². The maximum atomic E-state index is 12.9. The second-order valence-electron chi connectivity index (χ2n) is 22.5. The second-order valence-corrected chi connectivity index (χ2v) is 22.5. The maximum Gasteiger partial charge on any atom is 0.217 e. The van der Waals surface area contributed by atoms with Gasteiger partial charge in [0.05, 0.1) is 46.2 Å². The average molecular weight is 1320 g/mol. The van der Waals surface area contributed by atoms with Gasteiger partial charge in [0, 0.05) is 27.7 Å². The highest BCUT2D eigenvalue weighted by atomic mass is 16.8. The number of aliphatic hydroxyl groups is 19. The van der Waals surface area contributed by atoms with Gasteiger partial charge in [-0.2, -0.15) is 0 Å². The number of nitrogens with one attached hydrogen (secondary N) is 4. The number of amides is 4. The van der Waals surface area contributed by atoms with Crippen molar-refractivity contribution in [3.8, 4) is 0 Å². The molecule has 7 aliphatic heterocycles. The number of carbonyl (C=O) groups is 4. The van der Waals surface area contributed by atoms with E-state index in [9.17, 15) is 116 Å². The molecule has 520 valence electrons. The lowest BCUT2D eigenvalue weighted by Crippen LogP contribution is -2.71.